The van der Waals surface area contributed by atoms with E-state index in [0.717, 1.165) is 193 Å². The molecule has 0 spiro atoms. The summed E-state index contributed by atoms with van der Waals surface area (Å²) in [6.45, 7) is 6.26. The average molecular weight is 1060 g/mol. The fraction of sp³-hybridized carbons (Fsp3) is 0.592. The summed E-state index contributed by atoms with van der Waals surface area (Å²) in [5.41, 5.74) is 0. The van der Waals surface area contributed by atoms with Gasteiger partial charge in [0.2, 0.25) is 0 Å². The number of esters is 3. The highest BCUT2D eigenvalue weighted by Crippen LogP contribution is 2.14. The van der Waals surface area contributed by atoms with Crippen LogP contribution < -0.4 is 0 Å². The maximum absolute atomic E-state index is 12.9. The first kappa shape index (κ1) is 72.0. The van der Waals surface area contributed by atoms with Crippen LogP contribution >= 0.6 is 0 Å². The highest BCUT2D eigenvalue weighted by molar-refractivity contribution is 5.71. The van der Waals surface area contributed by atoms with E-state index in [2.05, 4.69) is 179 Å². The molecule has 6 nitrogen and oxygen atoms in total. The van der Waals surface area contributed by atoms with Gasteiger partial charge in [-0.3, -0.25) is 14.4 Å². The van der Waals surface area contributed by atoms with Crippen LogP contribution in [0.2, 0.25) is 0 Å². The van der Waals surface area contributed by atoms with Crippen LogP contribution in [0.5, 0.6) is 0 Å². The topological polar surface area (TPSA) is 78.9 Å². The number of allylic oxidation sites excluding steroid dienone is 26. The Kier molecular flexibility index (Phi) is 59.5. The summed E-state index contributed by atoms with van der Waals surface area (Å²) in [5.74, 6) is -0.953. The summed E-state index contributed by atoms with van der Waals surface area (Å²) in [6.07, 6.45) is 92.4. The van der Waals surface area contributed by atoms with Crippen LogP contribution in [0.15, 0.2) is 158 Å². The first-order valence-electron chi connectivity index (χ1n) is 31.0. The molecule has 0 aliphatic rings. The molecule has 0 aromatic heterocycles. The molecule has 77 heavy (non-hydrogen) atoms. The molecule has 6 heteroatoms. The van der Waals surface area contributed by atoms with E-state index in [0.29, 0.717) is 19.3 Å². The van der Waals surface area contributed by atoms with Crippen molar-refractivity contribution in [2.24, 2.45) is 0 Å². The molecule has 1 unspecified atom stereocenters. The average Bonchev–Trinajstić information content (AvgIpc) is 3.43. The second-order valence-electron chi connectivity index (χ2n) is 19.8. The Morgan fingerprint density at radius 2 is 0.468 bits per heavy atom. The molecule has 1 atom stereocenters. The van der Waals surface area contributed by atoms with Crippen molar-refractivity contribution < 1.29 is 28.6 Å². The predicted molar refractivity (Wildman–Crippen MR) is 334 cm³/mol. The van der Waals surface area contributed by atoms with Gasteiger partial charge < -0.3 is 14.2 Å². The lowest BCUT2D eigenvalue weighted by molar-refractivity contribution is -0.167. The fourth-order valence-corrected chi connectivity index (χ4v) is 7.98. The summed E-state index contributed by atoms with van der Waals surface area (Å²) in [5, 5.41) is 0. The summed E-state index contributed by atoms with van der Waals surface area (Å²) in [7, 11) is 0. The van der Waals surface area contributed by atoms with E-state index in [1.165, 1.54) is 19.3 Å². The van der Waals surface area contributed by atoms with Crippen LogP contribution in [-0.4, -0.2) is 37.2 Å². The number of ether oxygens (including phenoxy) is 3. The summed E-state index contributed by atoms with van der Waals surface area (Å²) >= 11 is 0. The third kappa shape index (κ3) is 61.8. The van der Waals surface area contributed by atoms with Gasteiger partial charge in [0.05, 0.1) is 0 Å². The van der Waals surface area contributed by atoms with Crippen molar-refractivity contribution in [2.75, 3.05) is 13.2 Å². The van der Waals surface area contributed by atoms with Gasteiger partial charge in [0, 0.05) is 19.3 Å². The van der Waals surface area contributed by atoms with Crippen LogP contribution in [-0.2, 0) is 28.6 Å². The Morgan fingerprint density at radius 1 is 0.260 bits per heavy atom. The first-order chi connectivity index (χ1) is 38.0. The zero-order valence-electron chi connectivity index (χ0n) is 49.4. The van der Waals surface area contributed by atoms with Crippen molar-refractivity contribution in [3.05, 3.63) is 158 Å². The Hall–Kier alpha value is -4.97. The molecule has 0 amide bonds. The van der Waals surface area contributed by atoms with Gasteiger partial charge in [-0.1, -0.05) is 249 Å². The Bertz CT molecular complexity index is 1740. The van der Waals surface area contributed by atoms with E-state index in [-0.39, 0.29) is 31.1 Å². The quantitative estimate of drug-likeness (QED) is 0.0261. The SMILES string of the molecule is CC/C=C\C/C=C\C/C=C\C/C=C\C/C=C\C/C=C\C/C=C\CCCCCCCC(=O)OCC(COC(=O)CCCCCCC/C=C\C/C=C\C/C=C\CC)OC(=O)CCCCCCCCC/C=C\C/C=C\C/C=C\CC. The van der Waals surface area contributed by atoms with Crippen molar-refractivity contribution in [1.82, 2.24) is 0 Å². The minimum absolute atomic E-state index is 0.104. The summed E-state index contributed by atoms with van der Waals surface area (Å²) < 4.78 is 16.9. The second-order valence-corrected chi connectivity index (χ2v) is 19.8. The smallest absolute Gasteiger partial charge is 0.306 e. The van der Waals surface area contributed by atoms with Crippen molar-refractivity contribution >= 4 is 17.9 Å². The molecule has 0 N–H and O–H groups in total. The van der Waals surface area contributed by atoms with E-state index in [1.807, 2.05) is 0 Å². The fourth-order valence-electron chi connectivity index (χ4n) is 7.98. The minimum atomic E-state index is -0.808. The number of carbonyl (C=O) groups excluding carboxylic acids is 3. The maximum Gasteiger partial charge on any atom is 0.306 e. The summed E-state index contributed by atoms with van der Waals surface area (Å²) in [6, 6.07) is 0. The molecular weight excluding hydrogens is 949 g/mol. The molecule has 0 aromatic carbocycles. The molecule has 0 fully saturated rings. The molecular formula is C71H112O6. The third-order valence-electron chi connectivity index (χ3n) is 12.5. The third-order valence-corrected chi connectivity index (χ3v) is 12.5. The molecule has 0 aromatic rings. The largest absolute Gasteiger partial charge is 0.462 e. The van der Waals surface area contributed by atoms with Crippen LogP contribution in [0.3, 0.4) is 0 Å². The lowest BCUT2D eigenvalue weighted by Crippen LogP contribution is -2.30. The number of carbonyl (C=O) groups is 3. The highest BCUT2D eigenvalue weighted by Gasteiger charge is 2.19. The van der Waals surface area contributed by atoms with E-state index in [9.17, 15) is 14.4 Å². The van der Waals surface area contributed by atoms with E-state index in [1.54, 1.807) is 0 Å². The van der Waals surface area contributed by atoms with Crippen molar-refractivity contribution in [3.8, 4) is 0 Å². The normalized spacial score (nSPS) is 13.2. The molecule has 0 saturated carbocycles. The van der Waals surface area contributed by atoms with Gasteiger partial charge >= 0.3 is 17.9 Å². The summed E-state index contributed by atoms with van der Waals surface area (Å²) in [4.78, 5) is 38.3. The van der Waals surface area contributed by atoms with Gasteiger partial charge in [0.25, 0.3) is 0 Å². The molecule has 0 saturated heterocycles. The zero-order valence-corrected chi connectivity index (χ0v) is 49.4. The number of unbranched alkanes of at least 4 members (excludes halogenated alkanes) is 17. The van der Waals surface area contributed by atoms with Crippen molar-refractivity contribution in [1.29, 1.82) is 0 Å². The molecule has 0 radical (unpaired) electrons. The Balaban J connectivity index is 4.45. The predicted octanol–water partition coefficient (Wildman–Crippen LogP) is 21.3. The lowest BCUT2D eigenvalue weighted by Gasteiger charge is -2.18. The van der Waals surface area contributed by atoms with Crippen molar-refractivity contribution in [2.45, 2.75) is 258 Å². The lowest BCUT2D eigenvalue weighted by atomic mass is 10.1. The standard InChI is InChI=1S/C71H112O6/c1-4-7-10-13-16-19-22-25-28-30-31-32-33-34-35-36-37-38-39-41-43-46-49-52-55-58-61-64-70(73)76-67-68(66-75-69(72)63-60-57-54-51-48-45-42-27-24-21-18-15-12-9-6-3)77-71(74)65-62-59-56-53-50-47-44-40-29-26-23-20-17-14-11-8-5-2/h7-12,16-21,25-29,31-32,34-35,37-38,41-43,68H,4-6,13-15,22-24,30,33,36,39-40,44-67H2,1-3H3/b10-7-,11-8-,12-9-,19-16-,20-17-,21-18-,28-25-,29-26-,32-31-,35-34-,38-37-,42-27-,43-41-. The van der Waals surface area contributed by atoms with Gasteiger partial charge in [-0.15, -0.1) is 0 Å². The van der Waals surface area contributed by atoms with Gasteiger partial charge in [-0.05, 0) is 141 Å². The molecule has 432 valence electrons. The Morgan fingerprint density at radius 3 is 0.727 bits per heavy atom. The van der Waals surface area contributed by atoms with Crippen LogP contribution in [0.1, 0.15) is 252 Å². The maximum atomic E-state index is 12.9. The number of hydrogen-bond acceptors (Lipinski definition) is 6. The zero-order chi connectivity index (χ0) is 55.7. The molecule has 0 bridgehead atoms. The van der Waals surface area contributed by atoms with E-state index < -0.39 is 6.10 Å². The Labute approximate surface area is 473 Å². The molecule has 0 aliphatic heterocycles. The van der Waals surface area contributed by atoms with Gasteiger partial charge in [-0.2, -0.15) is 0 Å². The second kappa shape index (κ2) is 63.6. The van der Waals surface area contributed by atoms with Crippen LogP contribution in [0.25, 0.3) is 0 Å². The van der Waals surface area contributed by atoms with Gasteiger partial charge in [0.1, 0.15) is 13.2 Å². The molecule has 0 rings (SSSR count). The van der Waals surface area contributed by atoms with Crippen molar-refractivity contribution in [3.63, 3.8) is 0 Å². The highest BCUT2D eigenvalue weighted by atomic mass is 16.6. The van der Waals surface area contributed by atoms with Gasteiger partial charge in [-0.25, -0.2) is 0 Å². The molecule has 0 heterocycles. The van der Waals surface area contributed by atoms with E-state index >= 15 is 0 Å². The van der Waals surface area contributed by atoms with Crippen LogP contribution in [0.4, 0.5) is 0 Å². The van der Waals surface area contributed by atoms with Crippen LogP contribution in [0, 0.1) is 0 Å². The van der Waals surface area contributed by atoms with Gasteiger partial charge in [0.15, 0.2) is 6.10 Å². The molecule has 0 aliphatic carbocycles. The van der Waals surface area contributed by atoms with E-state index in [4.69, 9.17) is 14.2 Å². The number of hydrogen-bond donors (Lipinski definition) is 0. The first-order valence-corrected chi connectivity index (χ1v) is 31.0. The number of rotatable bonds is 54. The minimum Gasteiger partial charge on any atom is -0.462 e. The monoisotopic (exact) mass is 1060 g/mol.